The van der Waals surface area contributed by atoms with E-state index in [1.807, 2.05) is 31.2 Å². The van der Waals surface area contributed by atoms with Crippen LogP contribution in [0.15, 0.2) is 39.8 Å². The predicted molar refractivity (Wildman–Crippen MR) is 126 cm³/mol. The Labute approximate surface area is 208 Å². The van der Waals surface area contributed by atoms with Gasteiger partial charge in [0.05, 0.1) is 32.4 Å². The molecule has 1 aromatic rings. The summed E-state index contributed by atoms with van der Waals surface area (Å²) in [5, 5.41) is 16.1. The molecule has 2 rings (SSSR count). The van der Waals surface area contributed by atoms with E-state index in [0.29, 0.717) is 18.6 Å². The van der Waals surface area contributed by atoms with Gasteiger partial charge in [-0.3, -0.25) is 4.79 Å². The standard InChI is InChI=1S/C23H31N5O8/c1-4-5-10-34-23(32)26-20(22(31)33-3)14-24-21(30)12-18-11-19(27-36-18)17-8-6-16(7-9-17)13-25-28-35-15(2)29/h6-9,18,20H,4-5,10-14H2,1-3H3,(H,24,30)(H,26,32)/t18-,20+/m1/s1. The van der Waals surface area contributed by atoms with Crippen LogP contribution in [0.2, 0.25) is 0 Å². The number of benzene rings is 1. The number of unbranched alkanes of at least 4 members (excludes halogenated alkanes) is 1. The van der Waals surface area contributed by atoms with E-state index >= 15 is 0 Å². The second-order valence-electron chi connectivity index (χ2n) is 7.85. The molecule has 2 N–H and O–H groups in total. The molecule has 0 fully saturated rings. The summed E-state index contributed by atoms with van der Waals surface area (Å²) >= 11 is 0. The van der Waals surface area contributed by atoms with Gasteiger partial charge in [0.1, 0.15) is 12.1 Å². The maximum atomic E-state index is 12.4. The second kappa shape index (κ2) is 15.1. The number of nitrogens with zero attached hydrogens (tertiary/aromatic N) is 3. The minimum absolute atomic E-state index is 0.0104. The zero-order valence-electron chi connectivity index (χ0n) is 20.5. The Balaban J connectivity index is 1.78. The average molecular weight is 506 g/mol. The molecule has 1 aliphatic rings. The van der Waals surface area contributed by atoms with Crippen molar-refractivity contribution in [1.82, 2.24) is 10.6 Å². The number of amides is 2. The summed E-state index contributed by atoms with van der Waals surface area (Å²) in [6, 6.07) is 6.26. The number of oxime groups is 1. The van der Waals surface area contributed by atoms with E-state index < -0.39 is 30.2 Å². The van der Waals surface area contributed by atoms with Crippen LogP contribution in [0.5, 0.6) is 0 Å². The van der Waals surface area contributed by atoms with Gasteiger partial charge in [0.25, 0.3) is 0 Å². The van der Waals surface area contributed by atoms with Crippen molar-refractivity contribution in [1.29, 1.82) is 0 Å². The Morgan fingerprint density at radius 1 is 1.22 bits per heavy atom. The number of ether oxygens (including phenoxy) is 2. The highest BCUT2D eigenvalue weighted by atomic mass is 16.7. The molecule has 196 valence electrons. The average Bonchev–Trinajstić information content (AvgIpc) is 3.32. The number of esters is 1. The van der Waals surface area contributed by atoms with Gasteiger partial charge in [-0.2, -0.15) is 0 Å². The second-order valence-corrected chi connectivity index (χ2v) is 7.85. The van der Waals surface area contributed by atoms with Gasteiger partial charge in [0, 0.05) is 25.2 Å². The van der Waals surface area contributed by atoms with E-state index in [-0.39, 0.29) is 32.0 Å². The van der Waals surface area contributed by atoms with Crippen LogP contribution < -0.4 is 10.6 Å². The highest BCUT2D eigenvalue weighted by Gasteiger charge is 2.27. The zero-order chi connectivity index (χ0) is 26.3. The van der Waals surface area contributed by atoms with Crippen molar-refractivity contribution in [2.75, 3.05) is 20.3 Å². The first-order valence-corrected chi connectivity index (χ1v) is 11.5. The SMILES string of the molecule is CCCCOC(=O)N[C@@H](CNC(=O)C[C@H]1CC(c2ccc(CN=NOC(C)=O)cc2)=NO1)C(=O)OC. The molecule has 0 spiro atoms. The van der Waals surface area contributed by atoms with Crippen LogP contribution >= 0.6 is 0 Å². The summed E-state index contributed by atoms with van der Waals surface area (Å²) in [4.78, 5) is 56.6. The van der Waals surface area contributed by atoms with Gasteiger partial charge < -0.3 is 29.8 Å². The van der Waals surface area contributed by atoms with Crippen LogP contribution in [0, 0.1) is 0 Å². The van der Waals surface area contributed by atoms with Gasteiger partial charge in [-0.05, 0) is 17.5 Å². The van der Waals surface area contributed by atoms with Crippen molar-refractivity contribution < 1.29 is 38.3 Å². The van der Waals surface area contributed by atoms with Crippen molar-refractivity contribution in [2.24, 2.45) is 15.5 Å². The third kappa shape index (κ3) is 10.1. The lowest BCUT2D eigenvalue weighted by Gasteiger charge is -2.17. The first kappa shape index (κ1) is 28.2. The number of carbonyl (C=O) groups excluding carboxylic acids is 4. The number of alkyl carbamates (subject to hydrolysis) is 1. The van der Waals surface area contributed by atoms with Crippen molar-refractivity contribution >= 4 is 29.7 Å². The third-order valence-electron chi connectivity index (χ3n) is 4.93. The first-order valence-electron chi connectivity index (χ1n) is 11.5. The van der Waals surface area contributed by atoms with Gasteiger partial charge in [-0.1, -0.05) is 42.8 Å². The first-order chi connectivity index (χ1) is 17.3. The number of nitrogens with one attached hydrogen (secondary N) is 2. The van der Waals surface area contributed by atoms with E-state index in [1.165, 1.54) is 14.0 Å². The molecule has 13 nitrogen and oxygen atoms in total. The van der Waals surface area contributed by atoms with E-state index in [9.17, 15) is 19.2 Å². The Morgan fingerprint density at radius 3 is 2.64 bits per heavy atom. The molecule has 0 unspecified atom stereocenters. The minimum atomic E-state index is -1.09. The lowest BCUT2D eigenvalue weighted by molar-refractivity contribution is -0.143. The van der Waals surface area contributed by atoms with Crippen LogP contribution in [0.4, 0.5) is 4.79 Å². The molecular formula is C23H31N5O8. The molecule has 0 aromatic heterocycles. The fourth-order valence-corrected chi connectivity index (χ4v) is 3.03. The molecule has 2 atom stereocenters. The van der Waals surface area contributed by atoms with Crippen molar-refractivity contribution in [2.45, 2.75) is 58.2 Å². The molecule has 36 heavy (non-hydrogen) atoms. The Kier molecular flexibility index (Phi) is 11.8. The highest BCUT2D eigenvalue weighted by molar-refractivity contribution is 6.01. The minimum Gasteiger partial charge on any atom is -0.467 e. The van der Waals surface area contributed by atoms with Crippen molar-refractivity contribution in [3.05, 3.63) is 35.4 Å². The summed E-state index contributed by atoms with van der Waals surface area (Å²) < 4.78 is 9.66. The van der Waals surface area contributed by atoms with Gasteiger partial charge in [0.15, 0.2) is 0 Å². The van der Waals surface area contributed by atoms with Crippen molar-refractivity contribution in [3.8, 4) is 0 Å². The topological polar surface area (TPSA) is 166 Å². The molecule has 0 saturated carbocycles. The van der Waals surface area contributed by atoms with Crippen LogP contribution in [-0.2, 0) is 40.1 Å². The molecule has 0 radical (unpaired) electrons. The molecule has 0 saturated heterocycles. The smallest absolute Gasteiger partial charge is 0.407 e. The number of methoxy groups -OCH3 is 1. The number of hydrogen-bond acceptors (Lipinski definition) is 11. The maximum Gasteiger partial charge on any atom is 0.407 e. The Hall–Kier alpha value is -4.03. The zero-order valence-corrected chi connectivity index (χ0v) is 20.5. The lowest BCUT2D eigenvalue weighted by atomic mass is 10.0. The quantitative estimate of drug-likeness (QED) is 0.178. The number of hydrogen-bond donors (Lipinski definition) is 2. The molecule has 1 aliphatic heterocycles. The number of carbonyl (C=O) groups is 4. The van der Waals surface area contributed by atoms with Crippen LogP contribution in [0.25, 0.3) is 0 Å². The van der Waals surface area contributed by atoms with Crippen LogP contribution in [0.1, 0.15) is 50.7 Å². The molecular weight excluding hydrogens is 474 g/mol. The number of rotatable bonds is 13. The van der Waals surface area contributed by atoms with E-state index in [2.05, 4.69) is 35.8 Å². The van der Waals surface area contributed by atoms with Crippen molar-refractivity contribution in [3.63, 3.8) is 0 Å². The fourth-order valence-electron chi connectivity index (χ4n) is 3.03. The molecule has 0 aliphatic carbocycles. The fraction of sp³-hybridized carbons (Fsp3) is 0.522. The maximum absolute atomic E-state index is 12.4. The summed E-state index contributed by atoms with van der Waals surface area (Å²) in [5.74, 6) is -1.62. The van der Waals surface area contributed by atoms with E-state index in [1.54, 1.807) is 0 Å². The molecule has 0 bridgehead atoms. The van der Waals surface area contributed by atoms with Gasteiger partial charge in [-0.25, -0.2) is 14.4 Å². The monoisotopic (exact) mass is 505 g/mol. The van der Waals surface area contributed by atoms with E-state index in [0.717, 1.165) is 17.5 Å². The lowest BCUT2D eigenvalue weighted by Crippen LogP contribution is -2.49. The summed E-state index contributed by atoms with van der Waals surface area (Å²) in [6.07, 6.45) is 0.754. The third-order valence-corrected chi connectivity index (χ3v) is 4.93. The molecule has 1 aromatic carbocycles. The Morgan fingerprint density at radius 2 is 1.97 bits per heavy atom. The summed E-state index contributed by atoms with van der Waals surface area (Å²) in [7, 11) is 1.19. The summed E-state index contributed by atoms with van der Waals surface area (Å²) in [5.41, 5.74) is 2.37. The molecule has 13 heteroatoms. The van der Waals surface area contributed by atoms with Gasteiger partial charge in [0.2, 0.25) is 5.91 Å². The van der Waals surface area contributed by atoms with Crippen LogP contribution in [-0.4, -0.2) is 62.1 Å². The predicted octanol–water partition coefficient (Wildman–Crippen LogP) is 2.18. The summed E-state index contributed by atoms with van der Waals surface area (Å²) in [6.45, 7) is 3.51. The highest BCUT2D eigenvalue weighted by Crippen LogP contribution is 2.19. The van der Waals surface area contributed by atoms with Gasteiger partial charge >= 0.3 is 18.0 Å². The molecule has 1 heterocycles. The normalized spacial score (nSPS) is 15.4. The largest absolute Gasteiger partial charge is 0.467 e. The van der Waals surface area contributed by atoms with E-state index in [4.69, 9.17) is 9.57 Å². The molecule has 2 amide bonds. The Bertz CT molecular complexity index is 964. The van der Waals surface area contributed by atoms with Crippen LogP contribution in [0.3, 0.4) is 0 Å². The van der Waals surface area contributed by atoms with Gasteiger partial charge in [-0.15, -0.1) is 5.11 Å².